The van der Waals surface area contributed by atoms with Crippen LogP contribution in [0.3, 0.4) is 0 Å². The average molecular weight is 435 g/mol. The molecule has 0 aliphatic carbocycles. The van der Waals surface area contributed by atoms with Crippen LogP contribution < -0.4 is 15.4 Å². The quantitative estimate of drug-likeness (QED) is 0.506. The van der Waals surface area contributed by atoms with Gasteiger partial charge < -0.3 is 15.4 Å². The van der Waals surface area contributed by atoms with Crippen LogP contribution in [0.15, 0.2) is 42.5 Å². The van der Waals surface area contributed by atoms with Crippen LogP contribution in [0.25, 0.3) is 0 Å². The Balaban J connectivity index is 1.75. The van der Waals surface area contributed by atoms with E-state index in [-0.39, 0.29) is 0 Å². The van der Waals surface area contributed by atoms with Crippen molar-refractivity contribution in [1.82, 2.24) is 9.78 Å². The fourth-order valence-corrected chi connectivity index (χ4v) is 3.35. The van der Waals surface area contributed by atoms with Crippen molar-refractivity contribution in [3.8, 4) is 5.75 Å². The largest absolute Gasteiger partial charge is 0.495 e. The predicted molar refractivity (Wildman–Crippen MR) is 120 cm³/mol. The number of ether oxygens (including phenoxy) is 1. The van der Waals surface area contributed by atoms with Gasteiger partial charge in [-0.25, -0.2) is 0 Å². The Bertz CT molecular complexity index is 1000. The Morgan fingerprint density at radius 2 is 1.75 bits per heavy atom. The molecule has 3 aromatic rings. The first-order valence-electron chi connectivity index (χ1n) is 8.57. The van der Waals surface area contributed by atoms with E-state index in [1.807, 2.05) is 42.8 Å². The van der Waals surface area contributed by atoms with Gasteiger partial charge in [0.2, 0.25) is 0 Å². The lowest BCUT2D eigenvalue weighted by atomic mass is 10.2. The normalized spacial score (nSPS) is 10.6. The molecule has 0 amide bonds. The van der Waals surface area contributed by atoms with Crippen molar-refractivity contribution in [3.05, 3.63) is 69.5 Å². The fraction of sp³-hybridized carbons (Fsp3) is 0.200. The summed E-state index contributed by atoms with van der Waals surface area (Å²) in [5, 5.41) is 12.7. The van der Waals surface area contributed by atoms with Crippen LogP contribution in [0.5, 0.6) is 5.75 Å². The summed E-state index contributed by atoms with van der Waals surface area (Å²) in [6.45, 7) is 4.59. The number of halogens is 2. The molecule has 1 heterocycles. The Morgan fingerprint density at radius 1 is 1.07 bits per heavy atom. The van der Waals surface area contributed by atoms with Crippen LogP contribution >= 0.6 is 35.4 Å². The Hall–Kier alpha value is -2.28. The molecule has 1 aromatic heterocycles. The first kappa shape index (κ1) is 20.5. The first-order chi connectivity index (χ1) is 13.4. The van der Waals surface area contributed by atoms with Crippen LogP contribution in [-0.2, 0) is 6.54 Å². The minimum absolute atomic E-state index is 0.429. The van der Waals surface area contributed by atoms with Crippen LogP contribution in [0.4, 0.5) is 11.4 Å². The van der Waals surface area contributed by atoms with Gasteiger partial charge in [0.05, 0.1) is 36.4 Å². The molecule has 28 heavy (non-hydrogen) atoms. The molecule has 0 saturated heterocycles. The summed E-state index contributed by atoms with van der Waals surface area (Å²) in [5.41, 5.74) is 4.51. The summed E-state index contributed by atoms with van der Waals surface area (Å²) in [4.78, 5) is 0. The number of hydrogen-bond donors (Lipinski definition) is 2. The van der Waals surface area contributed by atoms with E-state index in [1.54, 1.807) is 25.3 Å². The molecule has 0 aliphatic heterocycles. The molecule has 5 nitrogen and oxygen atoms in total. The van der Waals surface area contributed by atoms with Crippen LogP contribution in [-0.4, -0.2) is 22.0 Å². The molecule has 0 unspecified atom stereocenters. The van der Waals surface area contributed by atoms with E-state index < -0.39 is 0 Å². The summed E-state index contributed by atoms with van der Waals surface area (Å²) in [6.07, 6.45) is 0. The molecule has 0 radical (unpaired) electrons. The Labute approximate surface area is 179 Å². The van der Waals surface area contributed by atoms with Crippen LogP contribution in [0, 0.1) is 13.8 Å². The lowest BCUT2D eigenvalue weighted by molar-refractivity contribution is 0.417. The SMILES string of the molecule is COc1ccc(Cl)cc1NC(=S)Nc1c(C)nn(Cc2ccc(Cl)cc2)c1C. The third-order valence-electron chi connectivity index (χ3n) is 4.28. The Kier molecular flexibility index (Phi) is 6.44. The van der Waals surface area contributed by atoms with E-state index >= 15 is 0 Å². The van der Waals surface area contributed by atoms with E-state index in [0.29, 0.717) is 33.1 Å². The van der Waals surface area contributed by atoms with Crippen molar-refractivity contribution in [2.24, 2.45) is 0 Å². The molecule has 8 heteroatoms. The molecule has 0 aliphatic rings. The van der Waals surface area contributed by atoms with E-state index in [2.05, 4.69) is 15.7 Å². The first-order valence-corrected chi connectivity index (χ1v) is 9.74. The summed E-state index contributed by atoms with van der Waals surface area (Å²) in [5.74, 6) is 0.653. The number of rotatable bonds is 5. The molecule has 146 valence electrons. The van der Waals surface area contributed by atoms with Gasteiger partial charge >= 0.3 is 0 Å². The van der Waals surface area contributed by atoms with Crippen molar-refractivity contribution in [3.63, 3.8) is 0 Å². The van der Waals surface area contributed by atoms with Gasteiger partial charge in [-0.05, 0) is 62.0 Å². The van der Waals surface area contributed by atoms with Gasteiger partial charge in [-0.1, -0.05) is 35.3 Å². The number of aromatic nitrogens is 2. The van der Waals surface area contributed by atoms with Crippen molar-refractivity contribution in [2.75, 3.05) is 17.7 Å². The zero-order chi connectivity index (χ0) is 20.3. The van der Waals surface area contributed by atoms with Crippen molar-refractivity contribution in [1.29, 1.82) is 0 Å². The highest BCUT2D eigenvalue weighted by atomic mass is 35.5. The van der Waals surface area contributed by atoms with Crippen molar-refractivity contribution in [2.45, 2.75) is 20.4 Å². The van der Waals surface area contributed by atoms with Gasteiger partial charge in [0.25, 0.3) is 0 Å². The number of methoxy groups -OCH3 is 1. The molecule has 0 spiro atoms. The van der Waals surface area contributed by atoms with Crippen LogP contribution in [0.1, 0.15) is 17.0 Å². The maximum Gasteiger partial charge on any atom is 0.175 e. The summed E-state index contributed by atoms with van der Waals surface area (Å²) >= 11 is 17.5. The lowest BCUT2D eigenvalue weighted by Gasteiger charge is -2.14. The number of nitrogens with one attached hydrogen (secondary N) is 2. The third-order valence-corrected chi connectivity index (χ3v) is 4.97. The molecular formula is C20H20Cl2N4OS. The maximum atomic E-state index is 6.08. The fourth-order valence-electron chi connectivity index (χ4n) is 2.84. The number of thiocarbonyl (C=S) groups is 1. The van der Waals surface area contributed by atoms with Gasteiger partial charge in [0.1, 0.15) is 5.75 Å². The number of aryl methyl sites for hydroxylation is 1. The lowest BCUT2D eigenvalue weighted by Crippen LogP contribution is -2.20. The number of anilines is 2. The topological polar surface area (TPSA) is 51.1 Å². The van der Waals surface area contributed by atoms with Gasteiger partial charge in [-0.3, -0.25) is 4.68 Å². The minimum atomic E-state index is 0.429. The summed E-state index contributed by atoms with van der Waals surface area (Å²) in [7, 11) is 1.60. The third kappa shape index (κ3) is 4.76. The summed E-state index contributed by atoms with van der Waals surface area (Å²) < 4.78 is 7.28. The van der Waals surface area contributed by atoms with Gasteiger partial charge in [-0.2, -0.15) is 5.10 Å². The zero-order valence-electron chi connectivity index (χ0n) is 15.7. The highest BCUT2D eigenvalue weighted by Crippen LogP contribution is 2.28. The van der Waals surface area contributed by atoms with E-state index in [0.717, 1.165) is 22.6 Å². The monoisotopic (exact) mass is 434 g/mol. The van der Waals surface area contributed by atoms with E-state index in [1.165, 1.54) is 0 Å². The number of nitrogens with zero attached hydrogens (tertiary/aromatic N) is 2. The maximum absolute atomic E-state index is 6.08. The highest BCUT2D eigenvalue weighted by Gasteiger charge is 2.14. The second-order valence-corrected chi connectivity index (χ2v) is 7.53. The second kappa shape index (κ2) is 8.82. The van der Waals surface area contributed by atoms with E-state index in [9.17, 15) is 0 Å². The smallest absolute Gasteiger partial charge is 0.175 e. The second-order valence-electron chi connectivity index (χ2n) is 6.25. The summed E-state index contributed by atoms with van der Waals surface area (Å²) in [6, 6.07) is 13.0. The van der Waals surface area contributed by atoms with Crippen LogP contribution in [0.2, 0.25) is 10.0 Å². The molecule has 0 atom stereocenters. The molecule has 3 rings (SSSR count). The minimum Gasteiger partial charge on any atom is -0.495 e. The highest BCUT2D eigenvalue weighted by molar-refractivity contribution is 7.80. The zero-order valence-corrected chi connectivity index (χ0v) is 18.0. The Morgan fingerprint density at radius 3 is 2.43 bits per heavy atom. The molecule has 0 saturated carbocycles. The molecule has 2 N–H and O–H groups in total. The number of benzene rings is 2. The molecule has 0 bridgehead atoms. The van der Waals surface area contributed by atoms with E-state index in [4.69, 9.17) is 40.2 Å². The standard InChI is InChI=1S/C20H20Cl2N4OS/c1-12-19(13(2)26(25-12)11-14-4-6-15(21)7-5-14)24-20(28)23-17-10-16(22)8-9-18(17)27-3/h4-10H,11H2,1-3H3,(H2,23,24,28). The molecule has 0 fully saturated rings. The van der Waals surface area contributed by atoms with Gasteiger partial charge in [0.15, 0.2) is 5.11 Å². The average Bonchev–Trinajstić information content (AvgIpc) is 2.91. The molecular weight excluding hydrogens is 415 g/mol. The van der Waals surface area contributed by atoms with Gasteiger partial charge in [0, 0.05) is 10.0 Å². The predicted octanol–water partition coefficient (Wildman–Crippen LogP) is 5.67. The van der Waals surface area contributed by atoms with Crippen molar-refractivity contribution >= 4 is 51.9 Å². The number of hydrogen-bond acceptors (Lipinski definition) is 3. The van der Waals surface area contributed by atoms with Gasteiger partial charge in [-0.15, -0.1) is 0 Å². The van der Waals surface area contributed by atoms with Crippen molar-refractivity contribution < 1.29 is 4.74 Å². The molecule has 2 aromatic carbocycles.